The second kappa shape index (κ2) is 5.12. The maximum Gasteiger partial charge on any atom is 0.323 e. The van der Waals surface area contributed by atoms with Gasteiger partial charge in [0, 0.05) is 17.1 Å². The van der Waals surface area contributed by atoms with Crippen LogP contribution < -0.4 is 11.0 Å². The number of hydrogen-bond acceptors (Lipinski definition) is 5. The Morgan fingerprint density at radius 1 is 1.09 bits per heavy atom. The summed E-state index contributed by atoms with van der Waals surface area (Å²) in [4.78, 5) is 25.5. The summed E-state index contributed by atoms with van der Waals surface area (Å²) in [7, 11) is 0. The lowest BCUT2D eigenvalue weighted by Crippen LogP contribution is -1.99. The van der Waals surface area contributed by atoms with E-state index in [0.717, 1.165) is 33.2 Å². The average molecular weight is 309 g/mol. The molecule has 0 spiro atoms. The van der Waals surface area contributed by atoms with Crippen molar-refractivity contribution in [2.75, 3.05) is 5.32 Å². The van der Waals surface area contributed by atoms with Crippen molar-refractivity contribution in [1.82, 2.24) is 19.9 Å². The lowest BCUT2D eigenvalue weighted by molar-refractivity contribution is 1.21. The third-order valence-corrected chi connectivity index (χ3v) is 3.97. The van der Waals surface area contributed by atoms with Gasteiger partial charge in [0.05, 0.1) is 16.7 Å². The van der Waals surface area contributed by atoms with Crippen LogP contribution in [0.25, 0.3) is 22.3 Å². The Morgan fingerprint density at radius 3 is 2.86 bits per heavy atom. The summed E-state index contributed by atoms with van der Waals surface area (Å²) in [5, 5.41) is 5.91. The quantitative estimate of drug-likeness (QED) is 0.542. The second-order valence-corrected chi connectivity index (χ2v) is 5.58. The van der Waals surface area contributed by atoms with Gasteiger partial charge in [-0.2, -0.15) is 0 Å². The molecule has 22 heavy (non-hydrogen) atoms. The first-order valence-electron chi connectivity index (χ1n) is 6.64. The molecule has 0 saturated heterocycles. The van der Waals surface area contributed by atoms with Crippen LogP contribution in [0.5, 0.6) is 0 Å². The van der Waals surface area contributed by atoms with Crippen LogP contribution in [0.3, 0.4) is 0 Å². The predicted octanol–water partition coefficient (Wildman–Crippen LogP) is 3.12. The molecule has 0 amide bonds. The second-order valence-electron chi connectivity index (χ2n) is 4.72. The van der Waals surface area contributed by atoms with Crippen molar-refractivity contribution in [2.24, 2.45) is 0 Å². The molecule has 1 aromatic carbocycles. The summed E-state index contributed by atoms with van der Waals surface area (Å²) in [6, 6.07) is 11.4. The van der Waals surface area contributed by atoms with Crippen LogP contribution in [0.2, 0.25) is 0 Å². The Labute approximate surface area is 128 Å². The molecule has 0 unspecified atom stereocenters. The number of nitrogens with zero attached hydrogens (tertiary/aromatic N) is 2. The van der Waals surface area contributed by atoms with E-state index in [9.17, 15) is 4.79 Å². The topological polar surface area (TPSA) is 86.5 Å². The van der Waals surface area contributed by atoms with Gasteiger partial charge in [-0.25, -0.2) is 14.8 Å². The number of aromatic nitrogens is 4. The van der Waals surface area contributed by atoms with Crippen LogP contribution >= 0.6 is 11.3 Å². The number of H-pyrrole nitrogens is 2. The van der Waals surface area contributed by atoms with Crippen molar-refractivity contribution >= 4 is 33.3 Å². The molecular formula is C15H11N5OS. The first-order valence-corrected chi connectivity index (χ1v) is 7.52. The zero-order valence-electron chi connectivity index (χ0n) is 11.3. The lowest BCUT2D eigenvalue weighted by Gasteiger charge is -2.00. The molecule has 4 aromatic rings. The Morgan fingerprint density at radius 2 is 2.00 bits per heavy atom. The fraction of sp³-hybridized carbons (Fsp3) is 0. The van der Waals surface area contributed by atoms with Crippen molar-refractivity contribution in [3.8, 4) is 11.3 Å². The number of rotatable bonds is 3. The Hall–Kier alpha value is -2.93. The number of anilines is 2. The van der Waals surface area contributed by atoms with E-state index in [1.807, 2.05) is 41.8 Å². The van der Waals surface area contributed by atoms with Gasteiger partial charge in [0.15, 0.2) is 5.13 Å². The highest BCUT2D eigenvalue weighted by atomic mass is 32.1. The molecule has 0 aliphatic heterocycles. The monoisotopic (exact) mass is 309 g/mol. The third-order valence-electron chi connectivity index (χ3n) is 3.22. The van der Waals surface area contributed by atoms with E-state index in [2.05, 4.69) is 25.3 Å². The standard InChI is InChI=1S/C15H11N5OS/c21-14-17-10-5-4-9(7-11(10)18-14)12-8-22-15(19-12)20-13-3-1-2-6-16-13/h1-8H,(H,16,19,20)(H2,17,18,21). The molecule has 0 fully saturated rings. The molecular weight excluding hydrogens is 298 g/mol. The molecule has 0 aliphatic carbocycles. The molecule has 3 aromatic heterocycles. The molecule has 0 saturated carbocycles. The Kier molecular flexibility index (Phi) is 2.97. The number of hydrogen-bond donors (Lipinski definition) is 3. The number of nitrogens with one attached hydrogen (secondary N) is 3. The summed E-state index contributed by atoms with van der Waals surface area (Å²) in [6.07, 6.45) is 1.73. The van der Waals surface area contributed by atoms with E-state index in [-0.39, 0.29) is 5.69 Å². The number of thiazole rings is 1. The van der Waals surface area contributed by atoms with Gasteiger partial charge in [-0.3, -0.25) is 0 Å². The minimum Gasteiger partial charge on any atom is -0.316 e. The molecule has 0 bridgehead atoms. The van der Waals surface area contributed by atoms with Crippen molar-refractivity contribution in [2.45, 2.75) is 0 Å². The van der Waals surface area contributed by atoms with Crippen LogP contribution in [0.15, 0.2) is 52.8 Å². The van der Waals surface area contributed by atoms with E-state index < -0.39 is 0 Å². The van der Waals surface area contributed by atoms with Gasteiger partial charge in [0.25, 0.3) is 0 Å². The molecule has 0 atom stereocenters. The van der Waals surface area contributed by atoms with Crippen molar-refractivity contribution in [3.63, 3.8) is 0 Å². The van der Waals surface area contributed by atoms with Gasteiger partial charge in [0.1, 0.15) is 5.82 Å². The van der Waals surface area contributed by atoms with Crippen LogP contribution in [-0.2, 0) is 0 Å². The summed E-state index contributed by atoms with van der Waals surface area (Å²) < 4.78 is 0. The first kappa shape index (κ1) is 12.8. The minimum absolute atomic E-state index is 0.206. The summed E-state index contributed by atoms with van der Waals surface area (Å²) in [5.74, 6) is 0.758. The van der Waals surface area contributed by atoms with E-state index >= 15 is 0 Å². The third kappa shape index (κ3) is 2.38. The molecule has 3 N–H and O–H groups in total. The normalized spacial score (nSPS) is 10.9. The molecule has 4 rings (SSSR count). The highest BCUT2D eigenvalue weighted by molar-refractivity contribution is 7.14. The highest BCUT2D eigenvalue weighted by Crippen LogP contribution is 2.27. The zero-order valence-corrected chi connectivity index (χ0v) is 12.1. The maximum atomic E-state index is 11.3. The van der Waals surface area contributed by atoms with E-state index in [0.29, 0.717) is 0 Å². The first-order chi connectivity index (χ1) is 10.8. The van der Waals surface area contributed by atoms with E-state index in [4.69, 9.17) is 0 Å². The van der Waals surface area contributed by atoms with E-state index in [1.54, 1.807) is 6.20 Å². The number of imidazole rings is 1. The molecule has 108 valence electrons. The zero-order chi connectivity index (χ0) is 14.9. The average Bonchev–Trinajstić information content (AvgIpc) is 3.13. The van der Waals surface area contributed by atoms with Gasteiger partial charge < -0.3 is 15.3 Å². The maximum absolute atomic E-state index is 11.3. The predicted molar refractivity (Wildman–Crippen MR) is 87.5 cm³/mol. The largest absolute Gasteiger partial charge is 0.323 e. The summed E-state index contributed by atoms with van der Waals surface area (Å²) >= 11 is 1.51. The fourth-order valence-corrected chi connectivity index (χ4v) is 2.93. The smallest absolute Gasteiger partial charge is 0.316 e. The van der Waals surface area contributed by atoms with Gasteiger partial charge >= 0.3 is 5.69 Å². The van der Waals surface area contributed by atoms with Crippen molar-refractivity contribution < 1.29 is 0 Å². The highest BCUT2D eigenvalue weighted by Gasteiger charge is 2.07. The molecule has 0 radical (unpaired) electrons. The van der Waals surface area contributed by atoms with Crippen molar-refractivity contribution in [3.05, 3.63) is 58.5 Å². The number of pyridine rings is 1. The minimum atomic E-state index is -0.206. The SMILES string of the molecule is O=c1[nH]c2ccc(-c3csc(Nc4ccccn4)n3)cc2[nH]1. The lowest BCUT2D eigenvalue weighted by atomic mass is 10.1. The molecule has 0 aliphatic rings. The van der Waals surface area contributed by atoms with Crippen molar-refractivity contribution in [1.29, 1.82) is 0 Å². The number of fused-ring (bicyclic) bond motifs is 1. The van der Waals surface area contributed by atoms with E-state index in [1.165, 1.54) is 11.3 Å². The van der Waals surface area contributed by atoms with Gasteiger partial charge in [-0.15, -0.1) is 11.3 Å². The molecule has 3 heterocycles. The Balaban J connectivity index is 1.66. The summed E-state index contributed by atoms with van der Waals surface area (Å²) in [5.41, 5.74) is 3.16. The van der Waals surface area contributed by atoms with Crippen LogP contribution in [0.1, 0.15) is 0 Å². The number of benzene rings is 1. The van der Waals surface area contributed by atoms with Crippen LogP contribution in [0, 0.1) is 0 Å². The van der Waals surface area contributed by atoms with Gasteiger partial charge in [0.2, 0.25) is 0 Å². The molecule has 7 heteroatoms. The summed E-state index contributed by atoms with van der Waals surface area (Å²) in [6.45, 7) is 0. The van der Waals surface area contributed by atoms with Gasteiger partial charge in [-0.1, -0.05) is 12.1 Å². The van der Waals surface area contributed by atoms with Crippen LogP contribution in [0.4, 0.5) is 10.9 Å². The number of aromatic amines is 2. The van der Waals surface area contributed by atoms with Crippen LogP contribution in [-0.4, -0.2) is 19.9 Å². The Bertz CT molecular complexity index is 986. The van der Waals surface area contributed by atoms with Gasteiger partial charge in [-0.05, 0) is 24.3 Å². The molecule has 6 nitrogen and oxygen atoms in total. The fourth-order valence-electron chi connectivity index (χ4n) is 2.20.